The minimum atomic E-state index is -1.24. The van der Waals surface area contributed by atoms with Crippen molar-refractivity contribution in [3.05, 3.63) is 56.6 Å². The Morgan fingerprint density at radius 2 is 1.90 bits per heavy atom. The van der Waals surface area contributed by atoms with E-state index in [0.717, 1.165) is 12.1 Å². The minimum absolute atomic E-state index is 0.238. The predicted octanol–water partition coefficient (Wildman–Crippen LogP) is 4.44. The number of halogens is 3. The lowest BCUT2D eigenvalue weighted by Crippen LogP contribution is -1.97. The van der Waals surface area contributed by atoms with Gasteiger partial charge in [-0.15, -0.1) is 0 Å². The molecular formula is C13H8BrF2NO4. The van der Waals surface area contributed by atoms with Crippen LogP contribution >= 0.6 is 15.9 Å². The fraction of sp³-hybridized carbons (Fsp3) is 0.0769. The van der Waals surface area contributed by atoms with E-state index in [1.165, 1.54) is 25.3 Å². The molecule has 0 atom stereocenters. The van der Waals surface area contributed by atoms with Gasteiger partial charge in [-0.25, -0.2) is 4.39 Å². The summed E-state index contributed by atoms with van der Waals surface area (Å²) in [6.07, 6.45) is 0. The van der Waals surface area contributed by atoms with E-state index in [4.69, 9.17) is 9.47 Å². The number of nitro groups is 1. The van der Waals surface area contributed by atoms with E-state index in [-0.39, 0.29) is 16.0 Å². The van der Waals surface area contributed by atoms with Crippen LogP contribution in [0.1, 0.15) is 0 Å². The average Bonchev–Trinajstić information content (AvgIpc) is 2.43. The van der Waals surface area contributed by atoms with Crippen LogP contribution in [-0.2, 0) is 0 Å². The second kappa shape index (κ2) is 6.04. The molecule has 2 aromatic carbocycles. The Balaban J connectivity index is 2.50. The molecule has 0 amide bonds. The number of hydrogen-bond donors (Lipinski definition) is 0. The zero-order chi connectivity index (χ0) is 15.6. The lowest BCUT2D eigenvalue weighted by molar-refractivity contribution is -0.385. The van der Waals surface area contributed by atoms with E-state index in [2.05, 4.69) is 15.9 Å². The predicted molar refractivity (Wildman–Crippen MR) is 73.8 cm³/mol. The third kappa shape index (κ3) is 3.27. The second-order valence-electron chi connectivity index (χ2n) is 3.89. The summed E-state index contributed by atoms with van der Waals surface area (Å²) in [6, 6.07) is 5.82. The highest BCUT2D eigenvalue weighted by molar-refractivity contribution is 9.10. The summed E-state index contributed by atoms with van der Waals surface area (Å²) in [5.74, 6) is -2.82. The maximum Gasteiger partial charge on any atom is 0.311 e. The van der Waals surface area contributed by atoms with Crippen molar-refractivity contribution in [3.63, 3.8) is 0 Å². The summed E-state index contributed by atoms with van der Waals surface area (Å²) < 4.78 is 37.3. The van der Waals surface area contributed by atoms with Gasteiger partial charge in [0.15, 0.2) is 11.6 Å². The van der Waals surface area contributed by atoms with E-state index in [0.29, 0.717) is 0 Å². The monoisotopic (exact) mass is 359 g/mol. The van der Waals surface area contributed by atoms with Crippen molar-refractivity contribution in [3.8, 4) is 17.2 Å². The first kappa shape index (κ1) is 15.2. The maximum absolute atomic E-state index is 13.7. The van der Waals surface area contributed by atoms with Crippen molar-refractivity contribution < 1.29 is 23.2 Å². The minimum Gasteiger partial charge on any atom is -0.497 e. The van der Waals surface area contributed by atoms with Gasteiger partial charge in [-0.1, -0.05) is 15.9 Å². The standard InChI is InChI=1S/C13H8BrF2NO4/c1-20-8-2-3-10(17(18)19)11(6-8)21-12-5-7(14)4-9(15)13(12)16/h2-6H,1H3. The molecule has 8 heteroatoms. The first-order chi connectivity index (χ1) is 9.92. The van der Waals surface area contributed by atoms with Gasteiger partial charge in [0.1, 0.15) is 5.75 Å². The van der Waals surface area contributed by atoms with Crippen LogP contribution < -0.4 is 9.47 Å². The van der Waals surface area contributed by atoms with Crippen molar-refractivity contribution in [1.82, 2.24) is 0 Å². The molecule has 0 radical (unpaired) electrons. The molecule has 0 saturated carbocycles. The molecule has 0 bridgehead atoms. The summed E-state index contributed by atoms with van der Waals surface area (Å²) in [5, 5.41) is 10.9. The SMILES string of the molecule is COc1ccc([N+](=O)[O-])c(Oc2cc(Br)cc(F)c2F)c1. The molecule has 21 heavy (non-hydrogen) atoms. The lowest BCUT2D eigenvalue weighted by Gasteiger charge is -2.09. The summed E-state index contributed by atoms with van der Waals surface area (Å²) in [4.78, 5) is 10.2. The van der Waals surface area contributed by atoms with Gasteiger partial charge in [0.05, 0.1) is 12.0 Å². The smallest absolute Gasteiger partial charge is 0.311 e. The van der Waals surface area contributed by atoms with Crippen molar-refractivity contribution in [2.45, 2.75) is 0 Å². The van der Waals surface area contributed by atoms with Crippen LogP contribution in [0.3, 0.4) is 0 Å². The number of benzene rings is 2. The number of nitro benzene ring substituents is 1. The van der Waals surface area contributed by atoms with Gasteiger partial charge in [0.25, 0.3) is 0 Å². The maximum atomic E-state index is 13.7. The summed E-state index contributed by atoms with van der Waals surface area (Å²) in [5.41, 5.74) is -0.393. The van der Waals surface area contributed by atoms with Crippen molar-refractivity contribution in [2.75, 3.05) is 7.11 Å². The van der Waals surface area contributed by atoms with Gasteiger partial charge < -0.3 is 9.47 Å². The zero-order valence-electron chi connectivity index (χ0n) is 10.6. The van der Waals surface area contributed by atoms with E-state index in [1.54, 1.807) is 0 Å². The summed E-state index contributed by atoms with van der Waals surface area (Å²) in [7, 11) is 1.37. The number of hydrogen-bond acceptors (Lipinski definition) is 4. The van der Waals surface area contributed by atoms with Crippen LogP contribution in [0.2, 0.25) is 0 Å². The molecule has 0 heterocycles. The van der Waals surface area contributed by atoms with E-state index >= 15 is 0 Å². The number of rotatable bonds is 4. The largest absolute Gasteiger partial charge is 0.497 e. The molecule has 0 aromatic heterocycles. The van der Waals surface area contributed by atoms with Gasteiger partial charge in [-0.05, 0) is 18.2 Å². The third-order valence-electron chi connectivity index (χ3n) is 2.54. The third-order valence-corrected chi connectivity index (χ3v) is 3.00. The highest BCUT2D eigenvalue weighted by atomic mass is 79.9. The molecule has 0 unspecified atom stereocenters. The van der Waals surface area contributed by atoms with Gasteiger partial charge >= 0.3 is 5.69 Å². The first-order valence-electron chi connectivity index (χ1n) is 5.57. The highest BCUT2D eigenvalue weighted by Gasteiger charge is 2.20. The molecule has 2 rings (SSSR count). The van der Waals surface area contributed by atoms with Gasteiger partial charge in [-0.3, -0.25) is 10.1 Å². The molecule has 2 aromatic rings. The Morgan fingerprint density at radius 1 is 1.19 bits per heavy atom. The molecule has 5 nitrogen and oxygen atoms in total. The Bertz CT molecular complexity index is 709. The molecule has 0 aliphatic heterocycles. The van der Waals surface area contributed by atoms with Gasteiger partial charge in [0, 0.05) is 16.6 Å². The molecule has 110 valence electrons. The van der Waals surface area contributed by atoms with Gasteiger partial charge in [0.2, 0.25) is 11.6 Å². The second-order valence-corrected chi connectivity index (χ2v) is 4.81. The average molecular weight is 360 g/mol. The number of methoxy groups -OCH3 is 1. The normalized spacial score (nSPS) is 10.3. The van der Waals surface area contributed by atoms with Crippen molar-refractivity contribution in [2.24, 2.45) is 0 Å². The van der Waals surface area contributed by atoms with Crippen LogP contribution in [-0.4, -0.2) is 12.0 Å². The van der Waals surface area contributed by atoms with Crippen LogP contribution in [0.25, 0.3) is 0 Å². The summed E-state index contributed by atoms with van der Waals surface area (Å²) >= 11 is 2.99. The molecule has 0 N–H and O–H groups in total. The Labute approximate surface area is 126 Å². The zero-order valence-corrected chi connectivity index (χ0v) is 12.2. The molecule has 0 spiro atoms. The fourth-order valence-electron chi connectivity index (χ4n) is 1.58. The van der Waals surface area contributed by atoms with E-state index < -0.39 is 28.0 Å². The van der Waals surface area contributed by atoms with E-state index in [9.17, 15) is 18.9 Å². The van der Waals surface area contributed by atoms with E-state index in [1.807, 2.05) is 0 Å². The highest BCUT2D eigenvalue weighted by Crippen LogP contribution is 2.36. The van der Waals surface area contributed by atoms with Crippen molar-refractivity contribution >= 4 is 21.6 Å². The van der Waals surface area contributed by atoms with Crippen LogP contribution in [0.4, 0.5) is 14.5 Å². The Kier molecular flexibility index (Phi) is 4.37. The molecule has 0 aliphatic rings. The molecule has 0 aliphatic carbocycles. The van der Waals surface area contributed by atoms with Crippen LogP contribution in [0.5, 0.6) is 17.2 Å². The Hall–Kier alpha value is -2.22. The fourth-order valence-corrected chi connectivity index (χ4v) is 1.99. The molecule has 0 fully saturated rings. The molecular weight excluding hydrogens is 352 g/mol. The quantitative estimate of drug-likeness (QED) is 0.460. The Morgan fingerprint density at radius 3 is 2.52 bits per heavy atom. The number of ether oxygens (including phenoxy) is 2. The lowest BCUT2D eigenvalue weighted by atomic mass is 10.2. The van der Waals surface area contributed by atoms with Crippen LogP contribution in [0.15, 0.2) is 34.8 Å². The van der Waals surface area contributed by atoms with Crippen LogP contribution in [0, 0.1) is 21.7 Å². The van der Waals surface area contributed by atoms with Crippen molar-refractivity contribution in [1.29, 1.82) is 0 Å². The molecule has 0 saturated heterocycles. The first-order valence-corrected chi connectivity index (χ1v) is 6.36. The topological polar surface area (TPSA) is 61.6 Å². The number of nitrogens with zero attached hydrogens (tertiary/aromatic N) is 1. The summed E-state index contributed by atoms with van der Waals surface area (Å²) in [6.45, 7) is 0. The van der Waals surface area contributed by atoms with Gasteiger partial charge in [-0.2, -0.15) is 4.39 Å².